The average molecular weight is 280 g/mol. The van der Waals surface area contributed by atoms with Gasteiger partial charge in [0.1, 0.15) is 6.10 Å². The Balaban J connectivity index is 2.92. The lowest BCUT2D eigenvalue weighted by Gasteiger charge is -2.42. The van der Waals surface area contributed by atoms with Crippen molar-refractivity contribution in [3.8, 4) is 0 Å². The van der Waals surface area contributed by atoms with Crippen LogP contribution >= 0.6 is 0 Å². The lowest BCUT2D eigenvalue weighted by atomic mass is 9.83. The van der Waals surface area contributed by atoms with E-state index in [1.807, 2.05) is 0 Å². The molecule has 7 heteroatoms. The smallest absolute Gasteiger partial charge is 0.305 e. The average Bonchev–Trinajstić information content (AvgIpc) is 2.27. The molecule has 1 aliphatic heterocycles. The summed E-state index contributed by atoms with van der Waals surface area (Å²) >= 11 is 0. The van der Waals surface area contributed by atoms with Gasteiger partial charge >= 0.3 is 11.9 Å². The summed E-state index contributed by atoms with van der Waals surface area (Å²) in [5, 5.41) is 0. The van der Waals surface area contributed by atoms with Crippen LogP contribution in [0.5, 0.6) is 0 Å². The topological polar surface area (TPSA) is 61.8 Å². The predicted molar refractivity (Wildman–Crippen MR) is 60.3 cm³/mol. The van der Waals surface area contributed by atoms with Crippen LogP contribution in [0, 0.1) is 11.8 Å². The monoisotopic (exact) mass is 280 g/mol. The van der Waals surface area contributed by atoms with Crippen molar-refractivity contribution in [3.63, 3.8) is 0 Å². The van der Waals surface area contributed by atoms with Gasteiger partial charge < -0.3 is 14.2 Å². The second-order valence-corrected chi connectivity index (χ2v) is 4.71. The molecule has 0 aromatic heterocycles. The number of rotatable bonds is 3. The van der Waals surface area contributed by atoms with Crippen molar-refractivity contribution in [2.45, 2.75) is 52.6 Å². The zero-order chi connectivity index (χ0) is 14.7. The fourth-order valence-corrected chi connectivity index (χ4v) is 2.10. The van der Waals surface area contributed by atoms with E-state index in [-0.39, 0.29) is 0 Å². The van der Waals surface area contributed by atoms with E-state index in [0.717, 1.165) is 6.92 Å². The molecule has 0 aliphatic carbocycles. The fourth-order valence-electron chi connectivity index (χ4n) is 2.10. The highest BCUT2D eigenvalue weighted by atomic mass is 19.3. The van der Waals surface area contributed by atoms with Crippen LogP contribution in [0.3, 0.4) is 0 Å². The molecular formula is C12H18F2O5. The number of carbonyl (C=O) groups is 2. The molecule has 0 saturated carbocycles. The molecule has 5 nitrogen and oxygen atoms in total. The molecule has 1 saturated heterocycles. The first-order valence-corrected chi connectivity index (χ1v) is 6.02. The van der Waals surface area contributed by atoms with E-state index >= 15 is 0 Å². The van der Waals surface area contributed by atoms with E-state index in [4.69, 9.17) is 14.2 Å². The SMILES string of the molecule is CC(=O)OC1O[C@@H](C(F)F)[C@@H](C)[C@@H](C)[C@@H]1OC(C)=O. The van der Waals surface area contributed by atoms with Crippen LogP contribution in [0.4, 0.5) is 8.78 Å². The minimum Gasteiger partial charge on any atom is -0.456 e. The highest BCUT2D eigenvalue weighted by Gasteiger charge is 2.48. The molecule has 0 bridgehead atoms. The molecule has 0 spiro atoms. The van der Waals surface area contributed by atoms with E-state index < -0.39 is 48.7 Å². The Bertz CT molecular complexity index is 347. The second-order valence-electron chi connectivity index (χ2n) is 4.71. The lowest BCUT2D eigenvalue weighted by Crippen LogP contribution is -2.54. The van der Waals surface area contributed by atoms with E-state index in [0.29, 0.717) is 0 Å². The molecular weight excluding hydrogens is 262 g/mol. The maximum absolute atomic E-state index is 12.9. The Morgan fingerprint density at radius 2 is 1.58 bits per heavy atom. The van der Waals surface area contributed by atoms with Crippen molar-refractivity contribution in [2.24, 2.45) is 11.8 Å². The molecule has 0 aromatic carbocycles. The van der Waals surface area contributed by atoms with Crippen LogP contribution in [-0.4, -0.2) is 36.9 Å². The number of esters is 2. The first-order chi connectivity index (χ1) is 8.73. The molecule has 110 valence electrons. The molecule has 19 heavy (non-hydrogen) atoms. The highest BCUT2D eigenvalue weighted by Crippen LogP contribution is 2.35. The van der Waals surface area contributed by atoms with E-state index in [1.54, 1.807) is 13.8 Å². The molecule has 0 aromatic rings. The van der Waals surface area contributed by atoms with Gasteiger partial charge in [0.05, 0.1) is 0 Å². The summed E-state index contributed by atoms with van der Waals surface area (Å²) in [4.78, 5) is 22.0. The minimum atomic E-state index is -2.70. The summed E-state index contributed by atoms with van der Waals surface area (Å²) in [7, 11) is 0. The number of hydrogen-bond acceptors (Lipinski definition) is 5. The van der Waals surface area contributed by atoms with Crippen LogP contribution in [0.25, 0.3) is 0 Å². The molecule has 0 N–H and O–H groups in total. The number of alkyl halides is 2. The molecule has 0 amide bonds. The molecule has 5 atom stereocenters. The second kappa shape index (κ2) is 6.27. The Morgan fingerprint density at radius 1 is 1.05 bits per heavy atom. The first-order valence-electron chi connectivity index (χ1n) is 6.02. The third kappa shape index (κ3) is 3.86. The van der Waals surface area contributed by atoms with Crippen molar-refractivity contribution in [1.29, 1.82) is 0 Å². The van der Waals surface area contributed by atoms with Gasteiger partial charge in [0.25, 0.3) is 6.43 Å². The van der Waals surface area contributed by atoms with Gasteiger partial charge in [-0.15, -0.1) is 0 Å². The van der Waals surface area contributed by atoms with Gasteiger partial charge in [-0.25, -0.2) is 8.78 Å². The van der Waals surface area contributed by atoms with Gasteiger partial charge in [-0.1, -0.05) is 13.8 Å². The zero-order valence-electron chi connectivity index (χ0n) is 11.3. The maximum atomic E-state index is 12.9. The van der Waals surface area contributed by atoms with Gasteiger partial charge in [0.15, 0.2) is 6.10 Å². The third-order valence-corrected chi connectivity index (χ3v) is 3.26. The van der Waals surface area contributed by atoms with E-state index in [9.17, 15) is 18.4 Å². The molecule has 1 fully saturated rings. The Labute approximate surface area is 110 Å². The summed E-state index contributed by atoms with van der Waals surface area (Å²) in [6.07, 6.45) is -6.24. The normalized spacial score (nSPS) is 35.0. The Kier molecular flexibility index (Phi) is 5.22. The van der Waals surface area contributed by atoms with Gasteiger partial charge in [-0.3, -0.25) is 9.59 Å². The van der Waals surface area contributed by atoms with Gasteiger partial charge in [0.2, 0.25) is 6.29 Å². The van der Waals surface area contributed by atoms with Crippen LogP contribution in [0.1, 0.15) is 27.7 Å². The summed E-state index contributed by atoms with van der Waals surface area (Å²) in [5.41, 5.74) is 0. The van der Waals surface area contributed by atoms with Crippen LogP contribution in [0.15, 0.2) is 0 Å². The highest BCUT2D eigenvalue weighted by molar-refractivity contribution is 5.67. The van der Waals surface area contributed by atoms with Crippen molar-refractivity contribution < 1.29 is 32.6 Å². The van der Waals surface area contributed by atoms with Crippen molar-refractivity contribution in [3.05, 3.63) is 0 Å². The molecule has 1 rings (SSSR count). The van der Waals surface area contributed by atoms with Crippen LogP contribution < -0.4 is 0 Å². The number of ether oxygens (including phenoxy) is 3. The van der Waals surface area contributed by atoms with Gasteiger partial charge in [0, 0.05) is 19.8 Å². The van der Waals surface area contributed by atoms with E-state index in [1.165, 1.54) is 6.92 Å². The number of carbonyl (C=O) groups excluding carboxylic acids is 2. The maximum Gasteiger partial charge on any atom is 0.305 e. The van der Waals surface area contributed by atoms with Gasteiger partial charge in [-0.2, -0.15) is 0 Å². The van der Waals surface area contributed by atoms with Crippen molar-refractivity contribution in [2.75, 3.05) is 0 Å². The molecule has 1 unspecified atom stereocenters. The third-order valence-electron chi connectivity index (χ3n) is 3.26. The quantitative estimate of drug-likeness (QED) is 0.737. The largest absolute Gasteiger partial charge is 0.456 e. The standard InChI is InChI=1S/C12H18F2O5/c1-5-6(2)10(17-7(3)15)12(18-8(4)16)19-9(5)11(13)14/h5-6,9-12H,1-4H3/t5-,6+,9+,10-,12?/m0/s1. The minimum absolute atomic E-state index is 0.416. The zero-order valence-corrected chi connectivity index (χ0v) is 11.3. The lowest BCUT2D eigenvalue weighted by molar-refractivity contribution is -0.283. The molecule has 1 heterocycles. The van der Waals surface area contributed by atoms with Crippen LogP contribution in [0.2, 0.25) is 0 Å². The Morgan fingerprint density at radius 3 is 2.00 bits per heavy atom. The van der Waals surface area contributed by atoms with Crippen molar-refractivity contribution >= 4 is 11.9 Å². The summed E-state index contributed by atoms with van der Waals surface area (Å²) in [6.45, 7) is 5.57. The predicted octanol–water partition coefficient (Wildman–Crippen LogP) is 1.74. The summed E-state index contributed by atoms with van der Waals surface area (Å²) in [6, 6.07) is 0. The molecule has 1 aliphatic rings. The summed E-state index contributed by atoms with van der Waals surface area (Å²) in [5.74, 6) is -2.21. The Hall–Kier alpha value is -1.24. The first kappa shape index (κ1) is 15.8. The molecule has 0 radical (unpaired) electrons. The van der Waals surface area contributed by atoms with Crippen LogP contribution in [-0.2, 0) is 23.8 Å². The van der Waals surface area contributed by atoms with Gasteiger partial charge in [-0.05, 0) is 5.92 Å². The fraction of sp³-hybridized carbons (Fsp3) is 0.833. The summed E-state index contributed by atoms with van der Waals surface area (Å²) < 4.78 is 40.7. The number of halogens is 2. The van der Waals surface area contributed by atoms with E-state index in [2.05, 4.69) is 0 Å². The number of hydrogen-bond donors (Lipinski definition) is 0. The van der Waals surface area contributed by atoms with Crippen molar-refractivity contribution in [1.82, 2.24) is 0 Å².